The van der Waals surface area contributed by atoms with Crippen LogP contribution in [0.1, 0.15) is 15.6 Å². The summed E-state index contributed by atoms with van der Waals surface area (Å²) in [6, 6.07) is 4.30. The summed E-state index contributed by atoms with van der Waals surface area (Å²) in [7, 11) is 0. The van der Waals surface area contributed by atoms with E-state index in [1.165, 1.54) is 9.88 Å². The summed E-state index contributed by atoms with van der Waals surface area (Å²) in [5, 5.41) is 8.94. The van der Waals surface area contributed by atoms with E-state index >= 15 is 0 Å². The molecule has 86 valence electrons. The molecule has 0 bridgehead atoms. The Hall–Kier alpha value is -0.710. The molecule has 0 saturated heterocycles. The van der Waals surface area contributed by atoms with Crippen LogP contribution in [0.15, 0.2) is 22.9 Å². The van der Waals surface area contributed by atoms with Crippen LogP contribution in [0.4, 0.5) is 0 Å². The summed E-state index contributed by atoms with van der Waals surface area (Å²) >= 11 is 3.59. The second-order valence-electron chi connectivity index (χ2n) is 3.71. The van der Waals surface area contributed by atoms with Crippen LogP contribution in [-0.4, -0.2) is 18.1 Å². The molecule has 1 N–H and O–H groups in total. The van der Waals surface area contributed by atoms with Crippen LogP contribution in [0.25, 0.3) is 0 Å². The summed E-state index contributed by atoms with van der Waals surface area (Å²) in [6.45, 7) is 4.13. The number of rotatable bonds is 6. The first-order chi connectivity index (χ1) is 7.84. The second kappa shape index (κ2) is 6.13. The van der Waals surface area contributed by atoms with Gasteiger partial charge in [-0.25, -0.2) is 4.98 Å². The van der Waals surface area contributed by atoms with E-state index in [1.807, 2.05) is 18.3 Å². The average Bonchev–Trinajstić information content (AvgIpc) is 2.89. The van der Waals surface area contributed by atoms with Crippen molar-refractivity contribution in [3.05, 3.63) is 38.5 Å². The highest BCUT2D eigenvalue weighted by atomic mass is 32.1. The number of aromatic nitrogens is 1. The van der Waals surface area contributed by atoms with Crippen molar-refractivity contribution in [3.8, 4) is 0 Å². The van der Waals surface area contributed by atoms with E-state index in [0.717, 1.165) is 31.6 Å². The number of thiophene rings is 1. The maximum Gasteiger partial charge on any atom is 0.0940 e. The molecule has 2 nitrogen and oxygen atoms in total. The second-order valence-corrected chi connectivity index (χ2v) is 5.69. The Labute approximate surface area is 104 Å². The Kier molecular flexibility index (Phi) is 4.51. The van der Waals surface area contributed by atoms with Gasteiger partial charge in [0.2, 0.25) is 0 Å². The van der Waals surface area contributed by atoms with Crippen LogP contribution >= 0.6 is 22.7 Å². The highest BCUT2D eigenvalue weighted by Crippen LogP contribution is 2.09. The third-order valence-corrected chi connectivity index (χ3v) is 4.27. The first kappa shape index (κ1) is 11.8. The van der Waals surface area contributed by atoms with E-state index in [1.54, 1.807) is 11.3 Å². The Morgan fingerprint density at radius 3 is 2.81 bits per heavy atom. The highest BCUT2D eigenvalue weighted by Gasteiger charge is 1.98. The Morgan fingerprint density at radius 1 is 1.25 bits per heavy atom. The van der Waals surface area contributed by atoms with Crippen LogP contribution in [0.3, 0.4) is 0 Å². The van der Waals surface area contributed by atoms with Crippen LogP contribution in [0, 0.1) is 6.92 Å². The first-order valence-electron chi connectivity index (χ1n) is 5.49. The smallest absolute Gasteiger partial charge is 0.0940 e. The molecule has 0 radical (unpaired) electrons. The van der Waals surface area contributed by atoms with Gasteiger partial charge >= 0.3 is 0 Å². The van der Waals surface area contributed by atoms with Crippen molar-refractivity contribution in [1.29, 1.82) is 0 Å². The van der Waals surface area contributed by atoms with Crippen LogP contribution < -0.4 is 5.32 Å². The number of hydrogen-bond donors (Lipinski definition) is 1. The van der Waals surface area contributed by atoms with Gasteiger partial charge in [-0.15, -0.1) is 22.7 Å². The summed E-state index contributed by atoms with van der Waals surface area (Å²) in [5.74, 6) is 0. The number of thiazole rings is 1. The highest BCUT2D eigenvalue weighted by molar-refractivity contribution is 7.10. The molecule has 0 aromatic carbocycles. The van der Waals surface area contributed by atoms with E-state index in [9.17, 15) is 0 Å². The summed E-state index contributed by atoms with van der Waals surface area (Å²) in [6.07, 6.45) is 2.18. The van der Waals surface area contributed by atoms with Gasteiger partial charge in [-0.3, -0.25) is 0 Å². The normalized spacial score (nSPS) is 10.8. The van der Waals surface area contributed by atoms with Gasteiger partial charge in [-0.2, -0.15) is 0 Å². The van der Waals surface area contributed by atoms with Gasteiger partial charge < -0.3 is 5.32 Å². The largest absolute Gasteiger partial charge is 0.316 e. The fourth-order valence-electron chi connectivity index (χ4n) is 1.50. The van der Waals surface area contributed by atoms with Gasteiger partial charge in [0.05, 0.1) is 5.01 Å². The van der Waals surface area contributed by atoms with Gasteiger partial charge in [0.15, 0.2) is 0 Å². The molecular formula is C12H16N2S2. The van der Waals surface area contributed by atoms with Gasteiger partial charge in [-0.1, -0.05) is 6.07 Å². The van der Waals surface area contributed by atoms with Gasteiger partial charge in [0.1, 0.15) is 0 Å². The van der Waals surface area contributed by atoms with Gasteiger partial charge in [0.25, 0.3) is 0 Å². The lowest BCUT2D eigenvalue weighted by atomic mass is 10.3. The third kappa shape index (κ3) is 3.70. The van der Waals surface area contributed by atoms with Crippen molar-refractivity contribution in [2.45, 2.75) is 19.8 Å². The monoisotopic (exact) mass is 252 g/mol. The van der Waals surface area contributed by atoms with E-state index < -0.39 is 0 Å². The molecule has 0 spiro atoms. The van der Waals surface area contributed by atoms with Crippen molar-refractivity contribution in [3.63, 3.8) is 0 Å². The summed E-state index contributed by atoms with van der Waals surface area (Å²) in [5.41, 5.74) is 1.14. The number of hydrogen-bond acceptors (Lipinski definition) is 4. The number of nitrogens with one attached hydrogen (secondary N) is 1. The van der Waals surface area contributed by atoms with Crippen LogP contribution in [0.5, 0.6) is 0 Å². The zero-order chi connectivity index (χ0) is 11.2. The molecule has 2 aromatic heterocycles. The molecule has 0 fully saturated rings. The minimum Gasteiger partial charge on any atom is -0.316 e. The lowest BCUT2D eigenvalue weighted by Crippen LogP contribution is -2.19. The van der Waals surface area contributed by atoms with E-state index in [4.69, 9.17) is 0 Å². The minimum absolute atomic E-state index is 1.03. The zero-order valence-corrected chi connectivity index (χ0v) is 11.0. The molecular weight excluding hydrogens is 236 g/mol. The standard InChI is InChI=1S/C12H16N2S2/c1-10-9-16-12(14-10)5-7-13-6-4-11-3-2-8-15-11/h2-3,8-9,13H,4-7H2,1H3. The molecule has 0 aliphatic rings. The molecule has 16 heavy (non-hydrogen) atoms. The SMILES string of the molecule is Cc1csc(CCNCCc2cccs2)n1. The summed E-state index contributed by atoms with van der Waals surface area (Å²) < 4.78 is 0. The third-order valence-electron chi connectivity index (χ3n) is 2.31. The van der Waals surface area contributed by atoms with Gasteiger partial charge in [-0.05, 0) is 31.3 Å². The molecule has 0 aliphatic carbocycles. The zero-order valence-electron chi connectivity index (χ0n) is 9.40. The Bertz CT molecular complexity index is 406. The molecule has 0 amide bonds. The lowest BCUT2D eigenvalue weighted by molar-refractivity contribution is 0.683. The van der Waals surface area contributed by atoms with E-state index in [-0.39, 0.29) is 0 Å². The predicted octanol–water partition coefficient (Wildman–Crippen LogP) is 2.89. The Morgan fingerprint density at radius 2 is 2.12 bits per heavy atom. The fraction of sp³-hybridized carbons (Fsp3) is 0.417. The number of aryl methyl sites for hydroxylation is 1. The molecule has 0 aliphatic heterocycles. The molecule has 2 rings (SSSR count). The summed E-state index contributed by atoms with van der Waals surface area (Å²) in [4.78, 5) is 5.89. The maximum absolute atomic E-state index is 4.44. The topological polar surface area (TPSA) is 24.9 Å². The van der Waals surface area contributed by atoms with Crippen molar-refractivity contribution in [2.24, 2.45) is 0 Å². The number of nitrogens with zero attached hydrogens (tertiary/aromatic N) is 1. The van der Waals surface area contributed by atoms with E-state index in [2.05, 4.69) is 33.2 Å². The molecule has 2 aromatic rings. The average molecular weight is 252 g/mol. The first-order valence-corrected chi connectivity index (χ1v) is 7.24. The molecule has 4 heteroatoms. The van der Waals surface area contributed by atoms with Crippen molar-refractivity contribution < 1.29 is 0 Å². The quantitative estimate of drug-likeness (QED) is 0.800. The van der Waals surface area contributed by atoms with Gasteiger partial charge in [0, 0.05) is 28.9 Å². The fourth-order valence-corrected chi connectivity index (χ4v) is 2.99. The van der Waals surface area contributed by atoms with Crippen molar-refractivity contribution in [2.75, 3.05) is 13.1 Å². The van der Waals surface area contributed by atoms with Crippen molar-refractivity contribution in [1.82, 2.24) is 10.3 Å². The van der Waals surface area contributed by atoms with Crippen LogP contribution in [-0.2, 0) is 12.8 Å². The predicted molar refractivity (Wildman–Crippen MR) is 71.4 cm³/mol. The molecule has 0 unspecified atom stereocenters. The minimum atomic E-state index is 1.03. The van der Waals surface area contributed by atoms with Crippen molar-refractivity contribution >= 4 is 22.7 Å². The molecule has 2 heterocycles. The van der Waals surface area contributed by atoms with Crippen LogP contribution in [0.2, 0.25) is 0 Å². The van der Waals surface area contributed by atoms with E-state index in [0.29, 0.717) is 0 Å². The molecule has 0 atom stereocenters. The maximum atomic E-state index is 4.44. The molecule has 0 saturated carbocycles. The lowest BCUT2D eigenvalue weighted by Gasteiger charge is -2.01. The Balaban J connectivity index is 1.59.